The molecule has 0 atom stereocenters. The quantitative estimate of drug-likeness (QED) is 0.336. The molecule has 1 N–H and O–H groups in total. The normalized spacial score (nSPS) is 10.5. The van der Waals surface area contributed by atoms with Crippen molar-refractivity contribution in [2.24, 2.45) is 0 Å². The van der Waals surface area contributed by atoms with Crippen LogP contribution in [0.3, 0.4) is 0 Å². The van der Waals surface area contributed by atoms with Crippen molar-refractivity contribution < 1.29 is 0 Å². The molecule has 0 unspecified atom stereocenters. The monoisotopic (exact) mass is 271 g/mol. The van der Waals surface area contributed by atoms with Crippen LogP contribution < -0.4 is 5.32 Å². The van der Waals surface area contributed by atoms with E-state index >= 15 is 0 Å². The van der Waals surface area contributed by atoms with Crippen LogP contribution in [0.5, 0.6) is 0 Å². The first-order chi connectivity index (χ1) is 8.30. The molecule has 0 aliphatic carbocycles. The Kier molecular flexibility index (Phi) is 7.44. The summed E-state index contributed by atoms with van der Waals surface area (Å²) in [7, 11) is 0. The number of nitrogens with one attached hydrogen (secondary N) is 1. The maximum absolute atomic E-state index is 4.51. The van der Waals surface area contributed by atoms with Crippen molar-refractivity contribution in [3.63, 3.8) is 0 Å². The number of hydrogen-bond donors (Lipinski definition) is 1. The van der Waals surface area contributed by atoms with Crippen LogP contribution in [0.1, 0.15) is 33.1 Å². The lowest BCUT2D eigenvalue weighted by molar-refractivity contribution is 0.869. The molecule has 0 amide bonds. The molecule has 0 aliphatic rings. The number of nitrogens with zero attached hydrogens (tertiary/aromatic N) is 2. The zero-order valence-corrected chi connectivity index (χ0v) is 12.5. The molecule has 0 saturated heterocycles. The lowest BCUT2D eigenvalue weighted by Gasteiger charge is -2.07. The molecule has 0 aliphatic heterocycles. The highest BCUT2D eigenvalue weighted by molar-refractivity contribution is 7.99. The minimum absolute atomic E-state index is 0.852. The average Bonchev–Trinajstić information content (AvgIpc) is 2.36. The molecule has 96 valence electrons. The Morgan fingerprint density at radius 1 is 1.24 bits per heavy atom. The molecule has 0 aromatic carbocycles. The SMILES string of the molecule is CCCCSc1cc(NCCC)nc(SC)n1. The fourth-order valence-corrected chi connectivity index (χ4v) is 2.66. The Hall–Kier alpha value is -0.420. The molecule has 0 bridgehead atoms. The van der Waals surface area contributed by atoms with Crippen LogP contribution in [0.2, 0.25) is 0 Å². The zero-order chi connectivity index (χ0) is 12.5. The van der Waals surface area contributed by atoms with E-state index in [-0.39, 0.29) is 0 Å². The molecule has 5 heteroatoms. The molecule has 1 heterocycles. The molecule has 0 saturated carbocycles. The van der Waals surface area contributed by atoms with Gasteiger partial charge >= 0.3 is 0 Å². The fourth-order valence-electron chi connectivity index (χ4n) is 1.23. The summed E-state index contributed by atoms with van der Waals surface area (Å²) < 4.78 is 0. The molecule has 3 nitrogen and oxygen atoms in total. The van der Waals surface area contributed by atoms with Crippen LogP contribution in [0, 0.1) is 0 Å². The molecule has 1 aromatic rings. The Morgan fingerprint density at radius 3 is 2.71 bits per heavy atom. The Morgan fingerprint density at radius 2 is 2.06 bits per heavy atom. The predicted octanol–water partition coefficient (Wildman–Crippen LogP) is 3.91. The third-order valence-electron chi connectivity index (χ3n) is 2.17. The molecule has 0 fully saturated rings. The average molecular weight is 271 g/mol. The van der Waals surface area contributed by atoms with Crippen molar-refractivity contribution in [2.75, 3.05) is 23.9 Å². The van der Waals surface area contributed by atoms with E-state index in [2.05, 4.69) is 35.2 Å². The van der Waals surface area contributed by atoms with Gasteiger partial charge in [0, 0.05) is 12.6 Å². The number of anilines is 1. The van der Waals surface area contributed by atoms with Gasteiger partial charge in [0.25, 0.3) is 0 Å². The summed E-state index contributed by atoms with van der Waals surface area (Å²) in [6.07, 6.45) is 5.59. The summed E-state index contributed by atoms with van der Waals surface area (Å²) in [6, 6.07) is 2.05. The summed E-state index contributed by atoms with van der Waals surface area (Å²) in [6.45, 7) is 5.33. The van der Waals surface area contributed by atoms with Crippen LogP contribution >= 0.6 is 23.5 Å². The molecular formula is C12H21N3S2. The Bertz CT molecular complexity index is 332. The summed E-state index contributed by atoms with van der Waals surface area (Å²) in [5.41, 5.74) is 0. The maximum atomic E-state index is 4.51. The van der Waals surface area contributed by atoms with E-state index in [1.54, 1.807) is 11.8 Å². The highest BCUT2D eigenvalue weighted by atomic mass is 32.2. The fraction of sp³-hybridized carbons (Fsp3) is 0.667. The van der Waals surface area contributed by atoms with Gasteiger partial charge in [-0.1, -0.05) is 32.0 Å². The zero-order valence-electron chi connectivity index (χ0n) is 10.8. The first-order valence-corrected chi connectivity index (χ1v) is 8.31. The van der Waals surface area contributed by atoms with Gasteiger partial charge in [0.05, 0.1) is 0 Å². The summed E-state index contributed by atoms with van der Waals surface area (Å²) in [5, 5.41) is 5.25. The molecular weight excluding hydrogens is 250 g/mol. The smallest absolute Gasteiger partial charge is 0.190 e. The van der Waals surface area contributed by atoms with Crippen molar-refractivity contribution in [3.05, 3.63) is 6.07 Å². The molecule has 17 heavy (non-hydrogen) atoms. The van der Waals surface area contributed by atoms with Crippen molar-refractivity contribution in [3.8, 4) is 0 Å². The van der Waals surface area contributed by atoms with E-state index in [9.17, 15) is 0 Å². The third-order valence-corrected chi connectivity index (χ3v) is 3.71. The lowest BCUT2D eigenvalue weighted by Crippen LogP contribution is -2.03. The van der Waals surface area contributed by atoms with Gasteiger partial charge in [0.2, 0.25) is 0 Å². The van der Waals surface area contributed by atoms with E-state index in [0.29, 0.717) is 0 Å². The van der Waals surface area contributed by atoms with Gasteiger partial charge < -0.3 is 5.32 Å². The summed E-state index contributed by atoms with van der Waals surface area (Å²) in [5.74, 6) is 2.08. The van der Waals surface area contributed by atoms with Crippen molar-refractivity contribution in [1.29, 1.82) is 0 Å². The summed E-state index contributed by atoms with van der Waals surface area (Å²) >= 11 is 3.41. The molecule has 0 spiro atoms. The van der Waals surface area contributed by atoms with Gasteiger partial charge in [0.1, 0.15) is 10.8 Å². The highest BCUT2D eigenvalue weighted by Gasteiger charge is 2.04. The minimum Gasteiger partial charge on any atom is -0.370 e. The van der Waals surface area contributed by atoms with Crippen LogP contribution in [0.4, 0.5) is 5.82 Å². The Labute approximate surface area is 113 Å². The van der Waals surface area contributed by atoms with Crippen molar-refractivity contribution in [1.82, 2.24) is 9.97 Å². The largest absolute Gasteiger partial charge is 0.370 e. The van der Waals surface area contributed by atoms with Gasteiger partial charge in [-0.05, 0) is 24.9 Å². The topological polar surface area (TPSA) is 37.8 Å². The highest BCUT2D eigenvalue weighted by Crippen LogP contribution is 2.22. The van der Waals surface area contributed by atoms with E-state index in [1.165, 1.54) is 12.8 Å². The minimum atomic E-state index is 0.852. The molecule has 0 radical (unpaired) electrons. The maximum Gasteiger partial charge on any atom is 0.190 e. The number of aromatic nitrogens is 2. The second-order valence-corrected chi connectivity index (χ2v) is 5.60. The van der Waals surface area contributed by atoms with Crippen molar-refractivity contribution >= 4 is 29.3 Å². The van der Waals surface area contributed by atoms with Gasteiger partial charge in [-0.15, -0.1) is 11.8 Å². The van der Waals surface area contributed by atoms with Gasteiger partial charge in [-0.2, -0.15) is 0 Å². The Balaban J connectivity index is 2.67. The van der Waals surface area contributed by atoms with E-state index in [1.807, 2.05) is 18.0 Å². The number of rotatable bonds is 8. The van der Waals surface area contributed by atoms with Crippen LogP contribution in [-0.2, 0) is 0 Å². The van der Waals surface area contributed by atoms with Gasteiger partial charge in [0.15, 0.2) is 5.16 Å². The number of hydrogen-bond acceptors (Lipinski definition) is 5. The third kappa shape index (κ3) is 5.64. The van der Waals surface area contributed by atoms with Gasteiger partial charge in [-0.25, -0.2) is 9.97 Å². The first kappa shape index (κ1) is 14.6. The van der Waals surface area contributed by atoms with E-state index in [4.69, 9.17) is 0 Å². The molecule has 1 aromatic heterocycles. The van der Waals surface area contributed by atoms with Gasteiger partial charge in [-0.3, -0.25) is 0 Å². The van der Waals surface area contributed by atoms with Crippen LogP contribution in [-0.4, -0.2) is 28.5 Å². The van der Waals surface area contributed by atoms with Crippen molar-refractivity contribution in [2.45, 2.75) is 43.3 Å². The summed E-state index contributed by atoms with van der Waals surface area (Å²) in [4.78, 5) is 8.95. The number of thioether (sulfide) groups is 2. The molecule has 1 rings (SSSR count). The second-order valence-electron chi connectivity index (χ2n) is 3.71. The van der Waals surface area contributed by atoms with E-state index in [0.717, 1.165) is 34.7 Å². The number of unbranched alkanes of at least 4 members (excludes halogenated alkanes) is 1. The first-order valence-electron chi connectivity index (χ1n) is 6.09. The standard InChI is InChI=1S/C12H21N3S2/c1-4-6-8-17-11-9-10(13-7-5-2)14-12(15-11)16-3/h9H,4-8H2,1-3H3,(H,13,14,15). The van der Waals surface area contributed by atoms with Crippen LogP contribution in [0.15, 0.2) is 16.2 Å². The van der Waals surface area contributed by atoms with Crippen LogP contribution in [0.25, 0.3) is 0 Å². The predicted molar refractivity (Wildman–Crippen MR) is 78.2 cm³/mol. The second kappa shape index (κ2) is 8.64. The lowest BCUT2D eigenvalue weighted by atomic mass is 10.4. The van der Waals surface area contributed by atoms with E-state index < -0.39 is 0 Å².